The number of piperidine rings is 1. The molecule has 210 valence electrons. The highest BCUT2D eigenvalue weighted by molar-refractivity contribution is 7.92. The van der Waals surface area contributed by atoms with E-state index in [0.29, 0.717) is 35.1 Å². The van der Waals surface area contributed by atoms with E-state index in [-0.39, 0.29) is 36.3 Å². The molecule has 1 aromatic heterocycles. The van der Waals surface area contributed by atoms with Crippen molar-refractivity contribution in [2.45, 2.75) is 57.2 Å². The fraction of sp³-hybridized carbons (Fsp3) is 0.640. The second-order valence-corrected chi connectivity index (χ2v) is 13.6. The van der Waals surface area contributed by atoms with Crippen LogP contribution in [0.1, 0.15) is 43.9 Å². The average molecular weight is 586 g/mol. The molecule has 1 unspecified atom stereocenters. The molecule has 3 aliphatic heterocycles. The standard InChI is InChI=1S/C25H36ClN5O5S2/c1-18(32)28(2)19-9-13-29(15-19)16-20-5-3-12-31(20)24(33)17-30-11-4-6-22(25(30)34)27-38(35,36)14-10-21-7-8-23(26)37-21/h7-8,10,14,19-20,22,27H,3-6,9,11-13,15-17H2,1-2H3/t19?,20-,22-/m0/s1. The van der Waals surface area contributed by atoms with Crippen molar-refractivity contribution in [1.29, 1.82) is 0 Å². The Kier molecular flexibility index (Phi) is 9.51. The summed E-state index contributed by atoms with van der Waals surface area (Å²) in [6, 6.07) is 2.78. The summed E-state index contributed by atoms with van der Waals surface area (Å²) in [5.41, 5.74) is 0. The monoisotopic (exact) mass is 585 g/mol. The fourth-order valence-corrected chi connectivity index (χ4v) is 7.55. The van der Waals surface area contributed by atoms with Gasteiger partial charge in [0.1, 0.15) is 6.04 Å². The lowest BCUT2D eigenvalue weighted by Gasteiger charge is -2.34. The van der Waals surface area contributed by atoms with Crippen LogP contribution < -0.4 is 4.72 Å². The highest BCUT2D eigenvalue weighted by atomic mass is 35.5. The van der Waals surface area contributed by atoms with Crippen LogP contribution in [0.4, 0.5) is 0 Å². The number of hydrogen-bond donors (Lipinski definition) is 1. The largest absolute Gasteiger partial charge is 0.342 e. The summed E-state index contributed by atoms with van der Waals surface area (Å²) in [6.07, 6.45) is 5.19. The Balaban J connectivity index is 1.30. The first-order valence-electron chi connectivity index (χ1n) is 13.0. The van der Waals surface area contributed by atoms with E-state index < -0.39 is 16.1 Å². The van der Waals surface area contributed by atoms with E-state index in [0.717, 1.165) is 44.3 Å². The molecule has 0 spiro atoms. The van der Waals surface area contributed by atoms with E-state index in [9.17, 15) is 22.8 Å². The number of likely N-dealkylation sites (tertiary alicyclic amines) is 3. The van der Waals surface area contributed by atoms with Gasteiger partial charge >= 0.3 is 0 Å². The van der Waals surface area contributed by atoms with Gasteiger partial charge in [0.25, 0.3) is 0 Å². The quantitative estimate of drug-likeness (QED) is 0.473. The van der Waals surface area contributed by atoms with Crippen molar-refractivity contribution in [2.24, 2.45) is 0 Å². The van der Waals surface area contributed by atoms with Crippen molar-refractivity contribution >= 4 is 56.8 Å². The summed E-state index contributed by atoms with van der Waals surface area (Å²) in [6.45, 7) is 5.06. The third kappa shape index (κ3) is 7.35. The van der Waals surface area contributed by atoms with Crippen LogP contribution in [0.5, 0.6) is 0 Å². The topological polar surface area (TPSA) is 110 Å². The number of halogens is 1. The van der Waals surface area contributed by atoms with Crippen LogP contribution >= 0.6 is 22.9 Å². The molecular weight excluding hydrogens is 550 g/mol. The van der Waals surface area contributed by atoms with Crippen LogP contribution in [0.2, 0.25) is 4.34 Å². The highest BCUT2D eigenvalue weighted by Crippen LogP contribution is 2.24. The maximum atomic E-state index is 13.3. The summed E-state index contributed by atoms with van der Waals surface area (Å²) < 4.78 is 28.2. The fourth-order valence-electron chi connectivity index (χ4n) is 5.48. The minimum absolute atomic E-state index is 0.0488. The Labute approximate surface area is 233 Å². The molecule has 0 saturated carbocycles. The first kappa shape index (κ1) is 29.0. The normalized spacial score (nSPS) is 25.0. The van der Waals surface area contributed by atoms with Gasteiger partial charge < -0.3 is 14.7 Å². The lowest BCUT2D eigenvalue weighted by atomic mass is 10.1. The second-order valence-electron chi connectivity index (χ2n) is 10.3. The van der Waals surface area contributed by atoms with Gasteiger partial charge in [-0.15, -0.1) is 11.3 Å². The molecule has 0 bridgehead atoms. The number of rotatable bonds is 9. The molecule has 3 atom stereocenters. The van der Waals surface area contributed by atoms with Gasteiger partial charge in [-0.1, -0.05) is 11.6 Å². The number of carbonyl (C=O) groups is 3. The SMILES string of the molecule is CC(=O)N(C)C1CCN(C[C@@H]2CCCN2C(=O)CN2CCC[C@H](NS(=O)(=O)C=Cc3ccc(Cl)s3)C2=O)C1. The van der Waals surface area contributed by atoms with Crippen LogP contribution in [-0.4, -0.2) is 110 Å². The summed E-state index contributed by atoms with van der Waals surface area (Å²) in [5.74, 6) is -0.411. The summed E-state index contributed by atoms with van der Waals surface area (Å²) >= 11 is 7.15. The molecule has 3 aliphatic rings. The molecule has 13 heteroatoms. The maximum absolute atomic E-state index is 13.3. The van der Waals surface area contributed by atoms with E-state index >= 15 is 0 Å². The van der Waals surface area contributed by atoms with Crippen molar-refractivity contribution in [3.05, 3.63) is 26.8 Å². The predicted octanol–water partition coefficient (Wildman–Crippen LogP) is 1.83. The Morgan fingerprint density at radius 3 is 2.66 bits per heavy atom. The Hall–Kier alpha value is -1.99. The van der Waals surface area contributed by atoms with Gasteiger partial charge in [-0.25, -0.2) is 8.42 Å². The lowest BCUT2D eigenvalue weighted by Crippen LogP contribution is -2.55. The molecule has 0 aromatic carbocycles. The molecule has 10 nitrogen and oxygen atoms in total. The number of nitrogens with zero attached hydrogens (tertiary/aromatic N) is 4. The molecule has 3 saturated heterocycles. The number of carbonyl (C=O) groups excluding carboxylic acids is 3. The second kappa shape index (κ2) is 12.5. The van der Waals surface area contributed by atoms with E-state index in [1.54, 1.807) is 24.0 Å². The van der Waals surface area contributed by atoms with Crippen molar-refractivity contribution < 1.29 is 22.8 Å². The number of nitrogens with one attached hydrogen (secondary N) is 1. The first-order chi connectivity index (χ1) is 18.0. The molecular formula is C25H36ClN5O5S2. The van der Waals surface area contributed by atoms with Crippen molar-refractivity contribution in [3.8, 4) is 0 Å². The zero-order valence-corrected chi connectivity index (χ0v) is 24.2. The van der Waals surface area contributed by atoms with Crippen molar-refractivity contribution in [2.75, 3.05) is 46.3 Å². The van der Waals surface area contributed by atoms with Crippen LogP contribution in [0.25, 0.3) is 6.08 Å². The van der Waals surface area contributed by atoms with Crippen LogP contribution in [0.3, 0.4) is 0 Å². The molecule has 0 radical (unpaired) electrons. The van der Waals surface area contributed by atoms with Gasteiger partial charge in [-0.2, -0.15) is 4.72 Å². The van der Waals surface area contributed by atoms with Crippen LogP contribution in [-0.2, 0) is 24.4 Å². The van der Waals surface area contributed by atoms with E-state index in [1.165, 1.54) is 22.3 Å². The van der Waals surface area contributed by atoms with Gasteiger partial charge in [0, 0.05) is 69.1 Å². The van der Waals surface area contributed by atoms with Gasteiger partial charge in [0.05, 0.1) is 10.9 Å². The minimum Gasteiger partial charge on any atom is -0.342 e. The van der Waals surface area contributed by atoms with Gasteiger partial charge in [0.2, 0.25) is 27.7 Å². The average Bonchev–Trinajstić information content (AvgIpc) is 3.61. The van der Waals surface area contributed by atoms with Crippen molar-refractivity contribution in [1.82, 2.24) is 24.3 Å². The zero-order chi connectivity index (χ0) is 27.4. The molecule has 4 rings (SSSR count). The van der Waals surface area contributed by atoms with Gasteiger partial charge in [-0.3, -0.25) is 19.3 Å². The Morgan fingerprint density at radius 2 is 1.95 bits per heavy atom. The van der Waals surface area contributed by atoms with Gasteiger partial charge in [0.15, 0.2) is 0 Å². The number of thiophene rings is 1. The number of hydrogen-bond acceptors (Lipinski definition) is 7. The number of sulfonamides is 1. The highest BCUT2D eigenvalue weighted by Gasteiger charge is 2.37. The van der Waals surface area contributed by atoms with Gasteiger partial charge in [-0.05, 0) is 50.3 Å². The van der Waals surface area contributed by atoms with Crippen LogP contribution in [0, 0.1) is 0 Å². The predicted molar refractivity (Wildman–Crippen MR) is 148 cm³/mol. The number of likely N-dealkylation sites (N-methyl/N-ethyl adjacent to an activating group) is 1. The lowest BCUT2D eigenvalue weighted by molar-refractivity contribution is -0.143. The molecule has 1 aromatic rings. The van der Waals surface area contributed by atoms with Crippen LogP contribution in [0.15, 0.2) is 17.5 Å². The van der Waals surface area contributed by atoms with E-state index in [4.69, 9.17) is 11.6 Å². The third-order valence-electron chi connectivity index (χ3n) is 7.63. The summed E-state index contributed by atoms with van der Waals surface area (Å²) in [4.78, 5) is 46.2. The van der Waals surface area contributed by atoms with Crippen molar-refractivity contribution in [3.63, 3.8) is 0 Å². The zero-order valence-electron chi connectivity index (χ0n) is 21.8. The molecule has 0 aliphatic carbocycles. The maximum Gasteiger partial charge on any atom is 0.242 e. The molecule has 1 N–H and O–H groups in total. The Bertz CT molecular complexity index is 1170. The minimum atomic E-state index is -3.85. The summed E-state index contributed by atoms with van der Waals surface area (Å²) in [5, 5.41) is 1.04. The molecule has 3 amide bonds. The summed E-state index contributed by atoms with van der Waals surface area (Å²) in [7, 11) is -2.01. The van der Waals surface area contributed by atoms with E-state index in [1.807, 2.05) is 11.9 Å². The molecule has 3 fully saturated rings. The van der Waals surface area contributed by atoms with E-state index in [2.05, 4.69) is 9.62 Å². The smallest absolute Gasteiger partial charge is 0.242 e. The first-order valence-corrected chi connectivity index (χ1v) is 15.8. The third-order valence-corrected chi connectivity index (χ3v) is 9.93. The molecule has 38 heavy (non-hydrogen) atoms. The molecule has 4 heterocycles. The Morgan fingerprint density at radius 1 is 1.18 bits per heavy atom. The number of amides is 3.